The number of nitro benzene ring substituents is 1. The highest BCUT2D eigenvalue weighted by atomic mass is 35.5. The molecular formula is C19H19ClN2O5. The second kappa shape index (κ2) is 9.14. The van der Waals surface area contributed by atoms with Crippen molar-refractivity contribution in [1.82, 2.24) is 0 Å². The number of rotatable bonds is 7. The zero-order chi connectivity index (χ0) is 20.0. The van der Waals surface area contributed by atoms with Gasteiger partial charge in [0.05, 0.1) is 4.92 Å². The second-order valence-electron chi connectivity index (χ2n) is 5.70. The fourth-order valence-corrected chi connectivity index (χ4v) is 2.79. The Kier molecular flexibility index (Phi) is 6.90. The summed E-state index contributed by atoms with van der Waals surface area (Å²) in [7, 11) is 0. The molecule has 0 saturated carbocycles. The van der Waals surface area contributed by atoms with Gasteiger partial charge in [0.2, 0.25) is 0 Å². The van der Waals surface area contributed by atoms with Gasteiger partial charge in [0.25, 0.3) is 11.6 Å². The predicted molar refractivity (Wildman–Crippen MR) is 102 cm³/mol. The SMILES string of the molecule is CCc1cccc(CC)c1NC(=O)COC(=O)c1cc(Cl)ccc1[N+](=O)[O-]. The lowest BCUT2D eigenvalue weighted by molar-refractivity contribution is -0.385. The molecule has 0 spiro atoms. The zero-order valence-corrected chi connectivity index (χ0v) is 15.7. The number of halogens is 1. The van der Waals surface area contributed by atoms with Gasteiger partial charge < -0.3 is 10.1 Å². The molecule has 2 rings (SSSR count). The third-order valence-electron chi connectivity index (χ3n) is 3.97. The minimum absolute atomic E-state index is 0.154. The number of aryl methyl sites for hydroxylation is 2. The minimum atomic E-state index is -0.987. The lowest BCUT2D eigenvalue weighted by atomic mass is 10.0. The average Bonchev–Trinajstić information content (AvgIpc) is 2.65. The van der Waals surface area contributed by atoms with E-state index in [4.69, 9.17) is 16.3 Å². The number of esters is 1. The maximum Gasteiger partial charge on any atom is 0.345 e. The van der Waals surface area contributed by atoms with E-state index in [0.717, 1.165) is 36.1 Å². The first-order chi connectivity index (χ1) is 12.9. The minimum Gasteiger partial charge on any atom is -0.452 e. The average molecular weight is 391 g/mol. The highest BCUT2D eigenvalue weighted by Crippen LogP contribution is 2.24. The van der Waals surface area contributed by atoms with Crippen molar-refractivity contribution in [3.63, 3.8) is 0 Å². The van der Waals surface area contributed by atoms with Gasteiger partial charge in [-0.1, -0.05) is 43.6 Å². The summed E-state index contributed by atoms with van der Waals surface area (Å²) in [5.41, 5.74) is 1.91. The molecular weight excluding hydrogens is 372 g/mol. The molecule has 27 heavy (non-hydrogen) atoms. The Hall–Kier alpha value is -2.93. The Morgan fingerprint density at radius 3 is 2.33 bits per heavy atom. The third kappa shape index (κ3) is 5.04. The van der Waals surface area contributed by atoms with E-state index in [2.05, 4.69) is 5.32 Å². The Balaban J connectivity index is 2.10. The van der Waals surface area contributed by atoms with Crippen LogP contribution in [0, 0.1) is 10.1 Å². The van der Waals surface area contributed by atoms with Crippen LogP contribution in [0.15, 0.2) is 36.4 Å². The van der Waals surface area contributed by atoms with Crippen LogP contribution >= 0.6 is 11.6 Å². The molecule has 0 bridgehead atoms. The predicted octanol–water partition coefficient (Wildman–Crippen LogP) is 4.17. The summed E-state index contributed by atoms with van der Waals surface area (Å²) in [5, 5.41) is 13.9. The normalized spacial score (nSPS) is 10.3. The van der Waals surface area contributed by atoms with Crippen molar-refractivity contribution in [2.75, 3.05) is 11.9 Å². The molecule has 0 heterocycles. The van der Waals surface area contributed by atoms with Crippen LogP contribution in [-0.4, -0.2) is 23.4 Å². The van der Waals surface area contributed by atoms with Crippen molar-refractivity contribution in [3.05, 3.63) is 68.2 Å². The van der Waals surface area contributed by atoms with Gasteiger partial charge in [-0.05, 0) is 36.1 Å². The standard InChI is InChI=1S/C19H19ClN2O5/c1-3-12-6-5-7-13(4-2)18(12)21-17(23)11-27-19(24)15-10-14(20)8-9-16(15)22(25)26/h5-10H,3-4,11H2,1-2H3,(H,21,23). The molecule has 0 radical (unpaired) electrons. The number of para-hydroxylation sites is 1. The number of carbonyl (C=O) groups excluding carboxylic acids is 2. The molecule has 1 amide bonds. The molecule has 0 unspecified atom stereocenters. The number of carbonyl (C=O) groups is 2. The Bertz CT molecular complexity index is 860. The van der Waals surface area contributed by atoms with E-state index in [0.29, 0.717) is 5.69 Å². The van der Waals surface area contributed by atoms with Crippen LogP contribution in [-0.2, 0) is 22.4 Å². The van der Waals surface area contributed by atoms with Gasteiger partial charge in [-0.3, -0.25) is 14.9 Å². The van der Waals surface area contributed by atoms with Gasteiger partial charge in [-0.15, -0.1) is 0 Å². The molecule has 0 aliphatic rings. The van der Waals surface area contributed by atoms with Crippen molar-refractivity contribution in [2.45, 2.75) is 26.7 Å². The highest BCUT2D eigenvalue weighted by molar-refractivity contribution is 6.31. The number of nitrogens with one attached hydrogen (secondary N) is 1. The van der Waals surface area contributed by atoms with Crippen molar-refractivity contribution in [2.24, 2.45) is 0 Å². The number of ether oxygens (including phenoxy) is 1. The van der Waals surface area contributed by atoms with Crippen LogP contribution in [0.25, 0.3) is 0 Å². The Labute approximate surface area is 161 Å². The number of anilines is 1. The fourth-order valence-electron chi connectivity index (χ4n) is 2.62. The summed E-state index contributed by atoms with van der Waals surface area (Å²) in [6.45, 7) is 3.38. The van der Waals surface area contributed by atoms with Crippen LogP contribution in [0.4, 0.5) is 11.4 Å². The van der Waals surface area contributed by atoms with Crippen molar-refractivity contribution < 1.29 is 19.2 Å². The summed E-state index contributed by atoms with van der Waals surface area (Å²) in [6, 6.07) is 9.31. The van der Waals surface area contributed by atoms with Crippen LogP contribution in [0.2, 0.25) is 5.02 Å². The van der Waals surface area contributed by atoms with E-state index in [1.165, 1.54) is 6.07 Å². The summed E-state index contributed by atoms with van der Waals surface area (Å²) < 4.78 is 4.94. The van der Waals surface area contributed by atoms with Crippen LogP contribution in [0.5, 0.6) is 0 Å². The Morgan fingerprint density at radius 2 is 1.78 bits per heavy atom. The van der Waals surface area contributed by atoms with Crippen molar-refractivity contribution in [3.8, 4) is 0 Å². The molecule has 0 aromatic heterocycles. The number of nitro groups is 1. The maximum absolute atomic E-state index is 12.2. The van der Waals surface area contributed by atoms with E-state index in [1.54, 1.807) is 0 Å². The lowest BCUT2D eigenvalue weighted by Crippen LogP contribution is -2.22. The smallest absolute Gasteiger partial charge is 0.345 e. The molecule has 0 atom stereocenters. The monoisotopic (exact) mass is 390 g/mol. The molecule has 2 aromatic carbocycles. The number of hydrogen-bond donors (Lipinski definition) is 1. The van der Waals surface area contributed by atoms with E-state index < -0.39 is 29.1 Å². The highest BCUT2D eigenvalue weighted by Gasteiger charge is 2.22. The van der Waals surface area contributed by atoms with Gasteiger partial charge >= 0.3 is 5.97 Å². The topological polar surface area (TPSA) is 98.5 Å². The van der Waals surface area contributed by atoms with E-state index >= 15 is 0 Å². The summed E-state index contributed by atoms with van der Waals surface area (Å²) >= 11 is 5.79. The molecule has 0 saturated heterocycles. The van der Waals surface area contributed by atoms with Crippen LogP contribution in [0.1, 0.15) is 35.3 Å². The largest absolute Gasteiger partial charge is 0.452 e. The van der Waals surface area contributed by atoms with Crippen molar-refractivity contribution in [1.29, 1.82) is 0 Å². The van der Waals surface area contributed by atoms with Gasteiger partial charge in [0, 0.05) is 16.8 Å². The molecule has 0 aliphatic heterocycles. The molecule has 1 N–H and O–H groups in total. The molecule has 0 aliphatic carbocycles. The van der Waals surface area contributed by atoms with E-state index in [-0.39, 0.29) is 10.6 Å². The second-order valence-corrected chi connectivity index (χ2v) is 6.14. The van der Waals surface area contributed by atoms with Crippen molar-refractivity contribution >= 4 is 34.9 Å². The molecule has 8 heteroatoms. The number of hydrogen-bond acceptors (Lipinski definition) is 5. The van der Waals surface area contributed by atoms with Gasteiger partial charge in [-0.2, -0.15) is 0 Å². The zero-order valence-electron chi connectivity index (χ0n) is 15.0. The Morgan fingerprint density at radius 1 is 1.15 bits per heavy atom. The quantitative estimate of drug-likeness (QED) is 0.434. The van der Waals surface area contributed by atoms with Gasteiger partial charge in [-0.25, -0.2) is 4.79 Å². The van der Waals surface area contributed by atoms with E-state index in [1.807, 2.05) is 32.0 Å². The van der Waals surface area contributed by atoms with Gasteiger partial charge in [0.15, 0.2) is 6.61 Å². The third-order valence-corrected chi connectivity index (χ3v) is 4.21. The molecule has 0 fully saturated rings. The van der Waals surface area contributed by atoms with Crippen LogP contribution < -0.4 is 5.32 Å². The van der Waals surface area contributed by atoms with Crippen LogP contribution in [0.3, 0.4) is 0 Å². The first-order valence-electron chi connectivity index (χ1n) is 8.39. The lowest BCUT2D eigenvalue weighted by Gasteiger charge is -2.14. The van der Waals surface area contributed by atoms with Gasteiger partial charge in [0.1, 0.15) is 5.56 Å². The first kappa shape index (κ1) is 20.4. The maximum atomic E-state index is 12.2. The summed E-state index contributed by atoms with van der Waals surface area (Å²) in [4.78, 5) is 34.7. The fraction of sp³-hybridized carbons (Fsp3) is 0.263. The molecule has 2 aromatic rings. The molecule has 142 valence electrons. The summed E-state index contributed by atoms with van der Waals surface area (Å²) in [5.74, 6) is -1.51. The first-order valence-corrected chi connectivity index (χ1v) is 8.76. The summed E-state index contributed by atoms with van der Waals surface area (Å²) in [6.07, 6.45) is 1.47. The number of benzene rings is 2. The number of amides is 1. The molecule has 7 nitrogen and oxygen atoms in total. The number of nitrogens with zero attached hydrogens (tertiary/aromatic N) is 1. The van der Waals surface area contributed by atoms with E-state index in [9.17, 15) is 19.7 Å².